The maximum absolute atomic E-state index is 14.0. The van der Waals surface area contributed by atoms with Gasteiger partial charge in [0.25, 0.3) is 0 Å². The van der Waals surface area contributed by atoms with E-state index < -0.39 is 12.2 Å². The number of fused-ring (bicyclic) bond motifs is 1. The van der Waals surface area contributed by atoms with Gasteiger partial charge >= 0.3 is 6.18 Å². The summed E-state index contributed by atoms with van der Waals surface area (Å²) in [4.78, 5) is 15.7. The van der Waals surface area contributed by atoms with Gasteiger partial charge in [0.2, 0.25) is 5.91 Å². The van der Waals surface area contributed by atoms with Crippen molar-refractivity contribution in [3.8, 4) is 28.1 Å². The molecular weight excluding hydrogens is 499 g/mol. The molecule has 1 aliphatic carbocycles. The van der Waals surface area contributed by atoms with Crippen molar-refractivity contribution in [1.82, 2.24) is 25.1 Å². The molecule has 9 nitrogen and oxygen atoms in total. The molecule has 12 heteroatoms. The number of nitrogens with zero attached hydrogens (tertiary/aromatic N) is 4. The number of alkyl halides is 3. The van der Waals surface area contributed by atoms with Crippen LogP contribution in [0, 0.1) is 0 Å². The quantitative estimate of drug-likeness (QED) is 0.290. The molecule has 0 bridgehead atoms. The van der Waals surface area contributed by atoms with Crippen LogP contribution in [-0.2, 0) is 4.79 Å². The van der Waals surface area contributed by atoms with Crippen LogP contribution in [0.5, 0.6) is 5.75 Å². The zero-order valence-electron chi connectivity index (χ0n) is 20.3. The lowest BCUT2D eigenvalue weighted by Gasteiger charge is -2.24. The smallest absolute Gasteiger partial charge is 0.408 e. The lowest BCUT2D eigenvalue weighted by atomic mass is 9.96. The molecule has 0 radical (unpaired) electrons. The summed E-state index contributed by atoms with van der Waals surface area (Å²) in [7, 11) is 1.33. The Morgan fingerprint density at radius 2 is 1.92 bits per heavy atom. The second kappa shape index (κ2) is 9.78. The van der Waals surface area contributed by atoms with Gasteiger partial charge in [-0.3, -0.25) is 10.1 Å². The highest BCUT2D eigenvalue weighted by Gasteiger charge is 2.44. The summed E-state index contributed by atoms with van der Waals surface area (Å²) in [5.74, 6) is -0.133. The molecule has 5 rings (SSSR count). The van der Waals surface area contributed by atoms with E-state index in [9.17, 15) is 18.0 Å². The van der Waals surface area contributed by atoms with Crippen molar-refractivity contribution in [1.29, 1.82) is 0 Å². The number of carbonyl (C=O) groups excluding carboxylic acids is 1. The minimum absolute atomic E-state index is 0.0137. The van der Waals surface area contributed by atoms with Crippen LogP contribution in [0.3, 0.4) is 0 Å². The van der Waals surface area contributed by atoms with Gasteiger partial charge in [0, 0.05) is 28.4 Å². The molecule has 0 saturated heterocycles. The van der Waals surface area contributed by atoms with E-state index in [1.165, 1.54) is 30.2 Å². The van der Waals surface area contributed by atoms with Crippen LogP contribution < -0.4 is 21.1 Å². The molecule has 4 N–H and O–H groups in total. The zero-order valence-corrected chi connectivity index (χ0v) is 20.3. The monoisotopic (exact) mass is 523 g/mol. The highest BCUT2D eigenvalue weighted by Crippen LogP contribution is 2.43. The number of amides is 1. The Kier molecular flexibility index (Phi) is 6.49. The maximum atomic E-state index is 14.0. The fraction of sp³-hybridized carbons (Fsp3) is 0.231. The fourth-order valence-electron chi connectivity index (χ4n) is 4.25. The first-order valence-corrected chi connectivity index (χ1v) is 11.7. The fourth-order valence-corrected chi connectivity index (χ4v) is 4.25. The lowest BCUT2D eigenvalue weighted by molar-refractivity contribution is -0.158. The molecule has 4 aromatic rings. The first-order chi connectivity index (χ1) is 18.2. The van der Waals surface area contributed by atoms with Crippen LogP contribution in [0.2, 0.25) is 0 Å². The number of rotatable bonds is 8. The highest BCUT2D eigenvalue weighted by atomic mass is 19.4. The number of benzene rings is 2. The molecule has 0 aliphatic heterocycles. The third-order valence-corrected chi connectivity index (χ3v) is 6.22. The molecule has 38 heavy (non-hydrogen) atoms. The van der Waals surface area contributed by atoms with E-state index >= 15 is 0 Å². The van der Waals surface area contributed by atoms with Gasteiger partial charge in [0.1, 0.15) is 29.3 Å². The molecule has 2 aromatic carbocycles. The Morgan fingerprint density at radius 1 is 1.21 bits per heavy atom. The van der Waals surface area contributed by atoms with Gasteiger partial charge in [-0.1, -0.05) is 30.8 Å². The first-order valence-electron chi connectivity index (χ1n) is 11.7. The van der Waals surface area contributed by atoms with Crippen molar-refractivity contribution in [3.63, 3.8) is 0 Å². The zero-order chi connectivity index (χ0) is 27.0. The SMILES string of the molecule is C=CC(=O)Nc1ccc(-c2nn3ncnc(N)c3c2-c2ccc(C(NC3CC3)C(F)(F)F)c(OC)c2)cc1. The largest absolute Gasteiger partial charge is 0.496 e. The Bertz CT molecular complexity index is 1510. The number of hydrogen-bond donors (Lipinski definition) is 3. The van der Waals surface area contributed by atoms with Gasteiger partial charge < -0.3 is 15.8 Å². The van der Waals surface area contributed by atoms with Crippen LogP contribution in [-0.4, -0.2) is 45.0 Å². The third-order valence-electron chi connectivity index (χ3n) is 6.22. The maximum Gasteiger partial charge on any atom is 0.408 e. The standard InChI is InChI=1S/C26H24F3N7O2/c1-3-20(37)33-16-7-4-14(5-8-16)22-21(23-25(30)31-13-32-36(23)35-22)15-6-11-18(19(12-15)38-2)24(26(27,28)29)34-17-9-10-17/h3-8,11-13,17,24,34H,1,9-10H2,2H3,(H,33,37)(H2,30,31,32). The number of halogens is 3. The first kappa shape index (κ1) is 25.2. The Balaban J connectivity index is 1.63. The number of nitrogens with one attached hydrogen (secondary N) is 2. The topological polar surface area (TPSA) is 119 Å². The molecule has 1 atom stereocenters. The summed E-state index contributed by atoms with van der Waals surface area (Å²) in [5.41, 5.74) is 9.29. The van der Waals surface area contributed by atoms with Crippen molar-refractivity contribution >= 4 is 22.9 Å². The minimum Gasteiger partial charge on any atom is -0.496 e. The van der Waals surface area contributed by atoms with E-state index in [1.807, 2.05) is 0 Å². The molecule has 1 amide bonds. The van der Waals surface area contributed by atoms with Crippen LogP contribution in [0.1, 0.15) is 24.4 Å². The Hall–Kier alpha value is -4.45. The normalized spacial score (nSPS) is 14.3. The van der Waals surface area contributed by atoms with Crippen molar-refractivity contribution in [2.75, 3.05) is 18.2 Å². The van der Waals surface area contributed by atoms with Gasteiger partial charge in [-0.2, -0.15) is 13.2 Å². The molecule has 2 heterocycles. The molecule has 0 spiro atoms. The Morgan fingerprint density at radius 3 is 2.55 bits per heavy atom. The summed E-state index contributed by atoms with van der Waals surface area (Å²) in [6.45, 7) is 3.44. The lowest BCUT2D eigenvalue weighted by Crippen LogP contribution is -2.35. The van der Waals surface area contributed by atoms with Gasteiger partial charge in [-0.25, -0.2) is 4.98 Å². The molecule has 1 aliphatic rings. The third kappa shape index (κ3) is 4.90. The van der Waals surface area contributed by atoms with Crippen molar-refractivity contribution in [2.45, 2.75) is 31.1 Å². The number of aromatic nitrogens is 4. The van der Waals surface area contributed by atoms with E-state index in [-0.39, 0.29) is 29.1 Å². The van der Waals surface area contributed by atoms with Crippen LogP contribution in [0.15, 0.2) is 61.4 Å². The molecule has 196 valence electrons. The summed E-state index contributed by atoms with van der Waals surface area (Å²) >= 11 is 0. The summed E-state index contributed by atoms with van der Waals surface area (Å²) in [5, 5.41) is 14.1. The molecule has 1 saturated carbocycles. The van der Waals surface area contributed by atoms with Crippen molar-refractivity contribution < 1.29 is 22.7 Å². The van der Waals surface area contributed by atoms with Crippen LogP contribution >= 0.6 is 0 Å². The van der Waals surface area contributed by atoms with E-state index in [1.54, 1.807) is 30.3 Å². The van der Waals surface area contributed by atoms with Gasteiger partial charge in [-0.05, 0) is 42.7 Å². The number of methoxy groups -OCH3 is 1. The van der Waals surface area contributed by atoms with Gasteiger partial charge in [0.15, 0.2) is 5.82 Å². The number of ether oxygens (including phenoxy) is 1. The summed E-state index contributed by atoms with van der Waals surface area (Å²) in [6.07, 6.45) is -0.676. The number of hydrogen-bond acceptors (Lipinski definition) is 7. The summed E-state index contributed by atoms with van der Waals surface area (Å²) < 4.78 is 48.7. The molecular formula is C26H24F3N7O2. The predicted molar refractivity (Wildman–Crippen MR) is 136 cm³/mol. The second-order valence-corrected chi connectivity index (χ2v) is 8.85. The van der Waals surface area contributed by atoms with Crippen LogP contribution in [0.4, 0.5) is 24.7 Å². The number of carbonyl (C=O) groups is 1. The number of nitrogen functional groups attached to an aromatic ring is 1. The van der Waals surface area contributed by atoms with Crippen molar-refractivity contribution in [3.05, 3.63) is 67.0 Å². The average Bonchev–Trinajstić information content (AvgIpc) is 3.64. The highest BCUT2D eigenvalue weighted by molar-refractivity contribution is 5.99. The molecule has 2 aromatic heterocycles. The predicted octanol–water partition coefficient (Wildman–Crippen LogP) is 4.53. The van der Waals surface area contributed by atoms with E-state index in [4.69, 9.17) is 10.5 Å². The second-order valence-electron chi connectivity index (χ2n) is 8.85. The Labute approximate surface area is 215 Å². The van der Waals surface area contributed by atoms with Gasteiger partial charge in [0.05, 0.1) is 7.11 Å². The average molecular weight is 524 g/mol. The number of anilines is 2. The van der Waals surface area contributed by atoms with Crippen molar-refractivity contribution in [2.24, 2.45) is 0 Å². The minimum atomic E-state index is -4.51. The molecule has 1 unspecified atom stereocenters. The summed E-state index contributed by atoms with van der Waals surface area (Å²) in [6, 6.07) is 9.37. The molecule has 1 fully saturated rings. The van der Waals surface area contributed by atoms with E-state index in [0.717, 1.165) is 6.08 Å². The number of nitrogens with two attached hydrogens (primary N) is 1. The van der Waals surface area contributed by atoms with E-state index in [0.29, 0.717) is 46.4 Å². The van der Waals surface area contributed by atoms with Gasteiger partial charge in [-0.15, -0.1) is 14.8 Å². The van der Waals surface area contributed by atoms with Crippen LogP contribution in [0.25, 0.3) is 27.9 Å². The van der Waals surface area contributed by atoms with E-state index in [2.05, 4.69) is 32.4 Å².